The summed E-state index contributed by atoms with van der Waals surface area (Å²) in [7, 11) is 0. The van der Waals surface area contributed by atoms with Gasteiger partial charge in [-0.15, -0.1) is 0 Å². The summed E-state index contributed by atoms with van der Waals surface area (Å²) in [5.74, 6) is 0.575. The van der Waals surface area contributed by atoms with Gasteiger partial charge in [0.15, 0.2) is 0 Å². The molecule has 0 spiro atoms. The second-order valence-electron chi connectivity index (χ2n) is 7.36. The molecule has 0 unspecified atom stereocenters. The second-order valence-corrected chi connectivity index (χ2v) is 7.36. The topological polar surface area (TPSA) is 43.9 Å². The van der Waals surface area contributed by atoms with Crippen LogP contribution < -0.4 is 0 Å². The number of amides is 2. The minimum atomic E-state index is -0.0152. The molecule has 0 bridgehead atoms. The lowest BCUT2D eigenvalue weighted by atomic mass is 9.92. The standard InChI is InChI=1S/C17H31N3O2/c1-6-14(7-2)16(22)18-8-9-20-15(10-18)11-19(13(3)21)12-17(20,4)5/h14-15H,6-12H2,1-5H3/t15-/m0/s1. The molecule has 0 aliphatic carbocycles. The molecular weight excluding hydrogens is 278 g/mol. The van der Waals surface area contributed by atoms with Gasteiger partial charge in [0.1, 0.15) is 0 Å². The molecule has 2 aliphatic rings. The van der Waals surface area contributed by atoms with Gasteiger partial charge in [0.25, 0.3) is 0 Å². The summed E-state index contributed by atoms with van der Waals surface area (Å²) in [6, 6.07) is 0.264. The Labute approximate surface area is 134 Å². The van der Waals surface area contributed by atoms with Crippen LogP contribution in [-0.2, 0) is 9.59 Å². The zero-order chi connectivity index (χ0) is 16.5. The minimum Gasteiger partial charge on any atom is -0.340 e. The Morgan fingerprint density at radius 1 is 1.09 bits per heavy atom. The van der Waals surface area contributed by atoms with Gasteiger partial charge in [-0.3, -0.25) is 14.5 Å². The zero-order valence-corrected chi connectivity index (χ0v) is 14.8. The average Bonchev–Trinajstić information content (AvgIpc) is 2.46. The van der Waals surface area contributed by atoms with Crippen molar-refractivity contribution < 1.29 is 9.59 Å². The van der Waals surface area contributed by atoms with Gasteiger partial charge < -0.3 is 9.80 Å². The Kier molecular flexibility index (Phi) is 5.15. The van der Waals surface area contributed by atoms with Crippen molar-refractivity contribution in [1.29, 1.82) is 0 Å². The summed E-state index contributed by atoms with van der Waals surface area (Å²) in [4.78, 5) is 30.9. The van der Waals surface area contributed by atoms with E-state index >= 15 is 0 Å². The Hall–Kier alpha value is -1.10. The number of rotatable bonds is 3. The van der Waals surface area contributed by atoms with Gasteiger partial charge >= 0.3 is 0 Å². The summed E-state index contributed by atoms with van der Waals surface area (Å²) in [6.45, 7) is 14.2. The molecule has 0 aromatic heterocycles. The molecule has 22 heavy (non-hydrogen) atoms. The number of piperazine rings is 2. The van der Waals surface area contributed by atoms with E-state index in [2.05, 4.69) is 32.6 Å². The Morgan fingerprint density at radius 2 is 1.68 bits per heavy atom. The highest BCUT2D eigenvalue weighted by atomic mass is 16.2. The van der Waals surface area contributed by atoms with Crippen LogP contribution in [0.15, 0.2) is 0 Å². The average molecular weight is 309 g/mol. The summed E-state index contributed by atoms with van der Waals surface area (Å²) in [5.41, 5.74) is -0.0152. The Balaban J connectivity index is 2.10. The lowest BCUT2D eigenvalue weighted by molar-refractivity contribution is -0.147. The molecule has 5 heteroatoms. The summed E-state index contributed by atoms with van der Waals surface area (Å²) < 4.78 is 0. The van der Waals surface area contributed by atoms with Gasteiger partial charge in [-0.2, -0.15) is 0 Å². The fourth-order valence-corrected chi connectivity index (χ4v) is 4.02. The Morgan fingerprint density at radius 3 is 2.23 bits per heavy atom. The third-order valence-corrected chi connectivity index (χ3v) is 5.36. The van der Waals surface area contributed by atoms with Gasteiger partial charge in [0, 0.05) is 57.1 Å². The predicted octanol–water partition coefficient (Wildman–Crippen LogP) is 1.58. The fourth-order valence-electron chi connectivity index (χ4n) is 4.02. The van der Waals surface area contributed by atoms with Crippen LogP contribution in [0.1, 0.15) is 47.5 Å². The van der Waals surface area contributed by atoms with E-state index < -0.39 is 0 Å². The monoisotopic (exact) mass is 309 g/mol. The van der Waals surface area contributed by atoms with E-state index in [1.807, 2.05) is 9.80 Å². The van der Waals surface area contributed by atoms with Crippen molar-refractivity contribution in [3.63, 3.8) is 0 Å². The summed E-state index contributed by atoms with van der Waals surface area (Å²) >= 11 is 0. The molecule has 0 radical (unpaired) electrons. The van der Waals surface area contributed by atoms with Crippen LogP contribution in [0.2, 0.25) is 0 Å². The highest BCUT2D eigenvalue weighted by Gasteiger charge is 2.44. The van der Waals surface area contributed by atoms with Crippen LogP contribution in [0.4, 0.5) is 0 Å². The summed E-state index contributed by atoms with van der Waals surface area (Å²) in [6.07, 6.45) is 1.82. The molecule has 0 N–H and O–H groups in total. The van der Waals surface area contributed by atoms with Gasteiger partial charge in [-0.05, 0) is 26.7 Å². The predicted molar refractivity (Wildman–Crippen MR) is 87.5 cm³/mol. The lowest BCUT2D eigenvalue weighted by Gasteiger charge is -2.55. The molecule has 2 heterocycles. The van der Waals surface area contributed by atoms with E-state index in [1.165, 1.54) is 0 Å². The quantitative estimate of drug-likeness (QED) is 0.795. The molecule has 2 rings (SSSR count). The lowest BCUT2D eigenvalue weighted by Crippen LogP contribution is -2.70. The SMILES string of the molecule is CCC(CC)C(=O)N1CCN2[C@H](CN(C(C)=O)CC2(C)C)C1. The maximum absolute atomic E-state index is 12.6. The molecule has 2 saturated heterocycles. The molecule has 0 aromatic rings. The normalized spacial score (nSPS) is 25.3. The molecule has 1 atom stereocenters. The minimum absolute atomic E-state index is 0.0152. The van der Waals surface area contributed by atoms with Crippen LogP contribution in [0.25, 0.3) is 0 Å². The largest absolute Gasteiger partial charge is 0.340 e. The van der Waals surface area contributed by atoms with Crippen molar-refractivity contribution in [2.24, 2.45) is 5.92 Å². The van der Waals surface area contributed by atoms with Crippen molar-refractivity contribution in [3.8, 4) is 0 Å². The Bertz CT molecular complexity index is 432. The van der Waals surface area contributed by atoms with Crippen LogP contribution in [0, 0.1) is 5.92 Å². The molecule has 2 fully saturated rings. The number of fused-ring (bicyclic) bond motifs is 1. The maximum Gasteiger partial charge on any atom is 0.225 e. The molecule has 5 nitrogen and oxygen atoms in total. The van der Waals surface area contributed by atoms with Crippen molar-refractivity contribution in [1.82, 2.24) is 14.7 Å². The van der Waals surface area contributed by atoms with Crippen LogP contribution in [-0.4, -0.2) is 70.8 Å². The first-order valence-corrected chi connectivity index (χ1v) is 8.61. The molecule has 0 aromatic carbocycles. The fraction of sp³-hybridized carbons (Fsp3) is 0.882. The van der Waals surface area contributed by atoms with Crippen LogP contribution >= 0.6 is 0 Å². The van der Waals surface area contributed by atoms with E-state index in [4.69, 9.17) is 0 Å². The third-order valence-electron chi connectivity index (χ3n) is 5.36. The number of hydrogen-bond acceptors (Lipinski definition) is 3. The van der Waals surface area contributed by atoms with Crippen molar-refractivity contribution in [2.45, 2.75) is 59.0 Å². The summed E-state index contributed by atoms with van der Waals surface area (Å²) in [5, 5.41) is 0. The number of carbonyl (C=O) groups excluding carboxylic acids is 2. The van der Waals surface area contributed by atoms with Crippen molar-refractivity contribution >= 4 is 11.8 Å². The highest BCUT2D eigenvalue weighted by Crippen LogP contribution is 2.29. The molecule has 0 saturated carbocycles. The number of nitrogens with zero attached hydrogens (tertiary/aromatic N) is 3. The first kappa shape index (κ1) is 17.3. The first-order valence-electron chi connectivity index (χ1n) is 8.61. The van der Waals surface area contributed by atoms with Crippen molar-refractivity contribution in [2.75, 3.05) is 32.7 Å². The van der Waals surface area contributed by atoms with Crippen LogP contribution in [0.5, 0.6) is 0 Å². The van der Waals surface area contributed by atoms with E-state index in [-0.39, 0.29) is 23.4 Å². The second kappa shape index (κ2) is 6.57. The molecule has 2 aliphatic heterocycles. The third kappa shape index (κ3) is 3.29. The van der Waals surface area contributed by atoms with Gasteiger partial charge in [-0.1, -0.05) is 13.8 Å². The van der Waals surface area contributed by atoms with Gasteiger partial charge in [0.05, 0.1) is 0 Å². The smallest absolute Gasteiger partial charge is 0.225 e. The van der Waals surface area contributed by atoms with Gasteiger partial charge in [0.2, 0.25) is 11.8 Å². The van der Waals surface area contributed by atoms with Crippen LogP contribution in [0.3, 0.4) is 0 Å². The first-order chi connectivity index (χ1) is 10.3. The molecular formula is C17H31N3O2. The molecule has 126 valence electrons. The van der Waals surface area contributed by atoms with E-state index in [1.54, 1.807) is 6.92 Å². The van der Waals surface area contributed by atoms with E-state index in [0.717, 1.165) is 45.6 Å². The van der Waals surface area contributed by atoms with Gasteiger partial charge in [-0.25, -0.2) is 0 Å². The maximum atomic E-state index is 12.6. The van der Waals surface area contributed by atoms with Crippen molar-refractivity contribution in [3.05, 3.63) is 0 Å². The van der Waals surface area contributed by atoms with E-state index in [0.29, 0.717) is 5.91 Å². The van der Waals surface area contributed by atoms with E-state index in [9.17, 15) is 9.59 Å². The number of hydrogen-bond donors (Lipinski definition) is 0. The molecule has 2 amide bonds. The highest BCUT2D eigenvalue weighted by molar-refractivity contribution is 5.79. The number of carbonyl (C=O) groups is 2. The zero-order valence-electron chi connectivity index (χ0n) is 14.8.